The molecule has 0 N–H and O–H groups in total. The molecule has 4 aromatic carbocycles. The van der Waals surface area contributed by atoms with E-state index in [0.717, 1.165) is 59.8 Å². The molecule has 4 aromatic rings. The van der Waals surface area contributed by atoms with Gasteiger partial charge in [-0.05, 0) is 75.1 Å². The molecule has 0 aromatic heterocycles. The molecular weight excluding hydrogens is 571 g/mol. The van der Waals surface area contributed by atoms with Crippen molar-refractivity contribution >= 4 is 44.0 Å². The normalized spacial score (nSPS) is 12.4. The molecule has 0 atom stereocenters. The third-order valence-electron chi connectivity index (χ3n) is 8.14. The summed E-state index contributed by atoms with van der Waals surface area (Å²) in [5.74, 6) is 0. The molecule has 218 valence electrons. The number of fused-ring (bicyclic) bond motifs is 1. The average molecular weight is 613 g/mol. The second-order valence-corrected chi connectivity index (χ2v) is 13.8. The van der Waals surface area contributed by atoms with Crippen molar-refractivity contribution in [1.29, 1.82) is 0 Å². The van der Waals surface area contributed by atoms with E-state index in [2.05, 4.69) is 58.0 Å². The molecule has 0 spiro atoms. The van der Waals surface area contributed by atoms with Crippen LogP contribution in [0.15, 0.2) is 83.8 Å². The number of nitrogens with zero attached hydrogens (tertiary/aromatic N) is 2. The Balaban J connectivity index is 1.54. The first-order valence-corrected chi connectivity index (χ1v) is 16.6. The Morgan fingerprint density at radius 1 is 0.756 bits per heavy atom. The predicted octanol–water partition coefficient (Wildman–Crippen LogP) is 8.79. The lowest BCUT2D eigenvalue weighted by atomic mass is 10.1. The molecule has 41 heavy (non-hydrogen) atoms. The van der Waals surface area contributed by atoms with E-state index in [1.165, 1.54) is 22.8 Å². The molecule has 4 nitrogen and oxygen atoms in total. The number of hydrogen-bond donors (Lipinski definition) is 0. The van der Waals surface area contributed by atoms with Crippen molar-refractivity contribution < 1.29 is 12.9 Å². The molecule has 0 fully saturated rings. The minimum atomic E-state index is -3.88. The summed E-state index contributed by atoms with van der Waals surface area (Å²) < 4.78 is 30.5. The molecule has 0 saturated heterocycles. The summed E-state index contributed by atoms with van der Waals surface area (Å²) >= 11 is 12.6. The molecule has 0 aliphatic rings. The standard InChI is InChI=1S/C34H41Cl2N2O2S/c1-5-38(6-2,25-29-21-26(3)20-27(4)22-29)19-10-9-18-37(41(39,40)33-15-11-14-32(35)34(33)36)24-28-16-17-30-12-7-8-13-31(30)23-28/h7-8,11-17,20-23H,5-6,9-10,18-19,24-25H2,1-4H3/q+1. The SMILES string of the molecule is CC[N+](CC)(CCCCN(Cc1ccc2ccccc2c1)S(=O)(=O)c1cccc(Cl)c1Cl)Cc1cc(C)cc(C)c1. The predicted molar refractivity (Wildman–Crippen MR) is 173 cm³/mol. The first kappa shape index (κ1) is 31.5. The van der Waals surface area contributed by atoms with E-state index in [9.17, 15) is 8.42 Å². The van der Waals surface area contributed by atoms with Gasteiger partial charge >= 0.3 is 0 Å². The molecular formula is C34H41Cl2N2O2S+. The van der Waals surface area contributed by atoms with Gasteiger partial charge in [0.1, 0.15) is 11.4 Å². The second kappa shape index (κ2) is 13.7. The molecule has 0 amide bonds. The zero-order valence-corrected chi connectivity index (χ0v) is 26.9. The third kappa shape index (κ3) is 7.71. The number of sulfonamides is 1. The van der Waals surface area contributed by atoms with Crippen LogP contribution in [0.4, 0.5) is 0 Å². The van der Waals surface area contributed by atoms with Gasteiger partial charge in [-0.3, -0.25) is 0 Å². The first-order valence-electron chi connectivity index (χ1n) is 14.4. The van der Waals surface area contributed by atoms with Crippen molar-refractivity contribution in [3.05, 3.63) is 111 Å². The highest BCUT2D eigenvalue weighted by atomic mass is 35.5. The molecule has 0 aliphatic heterocycles. The van der Waals surface area contributed by atoms with Crippen LogP contribution in [-0.2, 0) is 23.1 Å². The second-order valence-electron chi connectivity index (χ2n) is 11.1. The number of hydrogen-bond acceptors (Lipinski definition) is 2. The monoisotopic (exact) mass is 611 g/mol. The topological polar surface area (TPSA) is 37.4 Å². The maximum atomic E-state index is 14.0. The van der Waals surface area contributed by atoms with E-state index in [4.69, 9.17) is 23.2 Å². The van der Waals surface area contributed by atoms with Crippen LogP contribution in [0.25, 0.3) is 10.8 Å². The van der Waals surface area contributed by atoms with Gasteiger partial charge in [0, 0.05) is 18.7 Å². The van der Waals surface area contributed by atoms with Crippen LogP contribution in [-0.4, -0.2) is 43.4 Å². The van der Waals surface area contributed by atoms with E-state index >= 15 is 0 Å². The molecule has 4 rings (SSSR count). The molecule has 0 radical (unpaired) electrons. The first-order chi connectivity index (χ1) is 19.6. The van der Waals surface area contributed by atoms with Gasteiger partial charge in [0.15, 0.2) is 0 Å². The van der Waals surface area contributed by atoms with E-state index < -0.39 is 10.0 Å². The molecule has 0 bridgehead atoms. The number of aryl methyl sites for hydroxylation is 2. The Kier molecular flexibility index (Phi) is 10.5. The van der Waals surface area contributed by atoms with Gasteiger partial charge in [-0.2, -0.15) is 4.31 Å². The number of rotatable bonds is 13. The fourth-order valence-corrected chi connectivity index (χ4v) is 7.98. The number of benzene rings is 4. The van der Waals surface area contributed by atoms with Crippen LogP contribution in [0.5, 0.6) is 0 Å². The maximum Gasteiger partial charge on any atom is 0.244 e. The lowest BCUT2D eigenvalue weighted by Crippen LogP contribution is -2.47. The Morgan fingerprint density at radius 2 is 1.44 bits per heavy atom. The van der Waals surface area contributed by atoms with Crippen molar-refractivity contribution in [2.75, 3.05) is 26.2 Å². The molecule has 7 heteroatoms. The van der Waals surface area contributed by atoms with Crippen molar-refractivity contribution in [3.63, 3.8) is 0 Å². The summed E-state index contributed by atoms with van der Waals surface area (Å²) in [4.78, 5) is 0.0505. The van der Waals surface area contributed by atoms with E-state index in [-0.39, 0.29) is 21.5 Å². The number of halogens is 2. The van der Waals surface area contributed by atoms with Crippen molar-refractivity contribution in [1.82, 2.24) is 4.31 Å². The number of quaternary nitrogens is 1. The summed E-state index contributed by atoms with van der Waals surface area (Å²) in [5, 5.41) is 2.51. The Hall–Kier alpha value is -2.41. The fourth-order valence-electron chi connectivity index (χ4n) is 5.77. The van der Waals surface area contributed by atoms with E-state index in [0.29, 0.717) is 6.54 Å². The smallest absolute Gasteiger partial charge is 0.244 e. The Bertz CT molecular complexity index is 1580. The Morgan fingerprint density at radius 3 is 2.12 bits per heavy atom. The van der Waals surface area contributed by atoms with Gasteiger partial charge in [-0.1, -0.05) is 95.0 Å². The highest BCUT2D eigenvalue weighted by molar-refractivity contribution is 7.89. The molecule has 0 saturated carbocycles. The van der Waals surface area contributed by atoms with Gasteiger partial charge < -0.3 is 4.48 Å². The lowest BCUT2D eigenvalue weighted by Gasteiger charge is -2.37. The van der Waals surface area contributed by atoms with Gasteiger partial charge in [-0.25, -0.2) is 8.42 Å². The highest BCUT2D eigenvalue weighted by Crippen LogP contribution is 2.32. The largest absolute Gasteiger partial charge is 0.320 e. The number of unbranched alkanes of at least 4 members (excludes halogenated alkanes) is 1. The summed E-state index contributed by atoms with van der Waals surface area (Å²) in [7, 11) is -3.88. The van der Waals surface area contributed by atoms with Crippen LogP contribution in [0, 0.1) is 13.8 Å². The van der Waals surface area contributed by atoms with Crippen LogP contribution in [0.1, 0.15) is 48.9 Å². The zero-order chi connectivity index (χ0) is 29.6. The van der Waals surface area contributed by atoms with Gasteiger partial charge in [-0.15, -0.1) is 0 Å². The Labute approximate surface area is 256 Å². The fraction of sp³-hybridized carbons (Fsp3) is 0.353. The van der Waals surface area contributed by atoms with E-state index in [1.54, 1.807) is 16.4 Å². The highest BCUT2D eigenvalue weighted by Gasteiger charge is 2.29. The van der Waals surface area contributed by atoms with Gasteiger partial charge in [0.05, 0.1) is 29.7 Å². The van der Waals surface area contributed by atoms with Gasteiger partial charge in [0.2, 0.25) is 10.0 Å². The summed E-state index contributed by atoms with van der Waals surface area (Å²) in [5.41, 5.74) is 4.88. The van der Waals surface area contributed by atoms with Crippen LogP contribution in [0.2, 0.25) is 10.0 Å². The minimum absolute atomic E-state index is 0.0505. The summed E-state index contributed by atoms with van der Waals surface area (Å²) in [6.07, 6.45) is 1.66. The molecule has 0 unspecified atom stereocenters. The zero-order valence-electron chi connectivity index (χ0n) is 24.5. The summed E-state index contributed by atoms with van der Waals surface area (Å²) in [6.45, 7) is 13.5. The molecule has 0 heterocycles. The van der Waals surface area contributed by atoms with Crippen LogP contribution < -0.4 is 0 Å². The average Bonchev–Trinajstić information content (AvgIpc) is 2.94. The quantitative estimate of drug-likeness (QED) is 0.112. The molecule has 0 aliphatic carbocycles. The van der Waals surface area contributed by atoms with Gasteiger partial charge in [0.25, 0.3) is 0 Å². The van der Waals surface area contributed by atoms with Crippen LogP contribution >= 0.6 is 23.2 Å². The van der Waals surface area contributed by atoms with Crippen molar-refractivity contribution in [2.45, 2.75) is 58.5 Å². The summed E-state index contributed by atoms with van der Waals surface area (Å²) in [6, 6.07) is 25.8. The third-order valence-corrected chi connectivity index (χ3v) is 11.0. The van der Waals surface area contributed by atoms with Crippen molar-refractivity contribution in [3.8, 4) is 0 Å². The van der Waals surface area contributed by atoms with Crippen molar-refractivity contribution in [2.24, 2.45) is 0 Å². The minimum Gasteiger partial charge on any atom is -0.320 e. The lowest BCUT2D eigenvalue weighted by molar-refractivity contribution is -0.938. The van der Waals surface area contributed by atoms with Crippen LogP contribution in [0.3, 0.4) is 0 Å². The van der Waals surface area contributed by atoms with E-state index in [1.807, 2.05) is 30.3 Å². The maximum absolute atomic E-state index is 14.0.